The fourth-order valence-electron chi connectivity index (χ4n) is 2.29. The molecule has 1 aliphatic rings. The Hall–Kier alpha value is -1.92. The van der Waals surface area contributed by atoms with Gasteiger partial charge in [0.05, 0.1) is 19.6 Å². The standard InChI is InChI=1S/C16H23N3O3/c17-7-1-2-15(20)18-14-5-3-13(4-6-14)12-16(21)19-8-10-22-11-9-19/h3-6H,1-2,7-12,17H2,(H,18,20). The van der Waals surface area contributed by atoms with Gasteiger partial charge in [-0.15, -0.1) is 0 Å². The highest BCUT2D eigenvalue weighted by molar-refractivity contribution is 5.90. The van der Waals surface area contributed by atoms with E-state index in [-0.39, 0.29) is 11.8 Å². The zero-order valence-corrected chi connectivity index (χ0v) is 12.7. The van der Waals surface area contributed by atoms with Crippen LogP contribution in [0.2, 0.25) is 0 Å². The molecule has 6 nitrogen and oxygen atoms in total. The zero-order valence-electron chi connectivity index (χ0n) is 12.7. The summed E-state index contributed by atoms with van der Waals surface area (Å²) >= 11 is 0. The first-order valence-electron chi connectivity index (χ1n) is 7.63. The molecule has 2 amide bonds. The van der Waals surface area contributed by atoms with Gasteiger partial charge >= 0.3 is 0 Å². The lowest BCUT2D eigenvalue weighted by molar-refractivity contribution is -0.134. The minimum atomic E-state index is -0.0393. The molecule has 1 aromatic rings. The van der Waals surface area contributed by atoms with Gasteiger partial charge in [-0.2, -0.15) is 0 Å². The molecule has 6 heteroatoms. The molecule has 0 bridgehead atoms. The van der Waals surface area contributed by atoms with Gasteiger partial charge in [0.25, 0.3) is 0 Å². The van der Waals surface area contributed by atoms with Crippen molar-refractivity contribution < 1.29 is 14.3 Å². The first kappa shape index (κ1) is 16.5. The van der Waals surface area contributed by atoms with Gasteiger partial charge in [-0.1, -0.05) is 12.1 Å². The number of hydrogen-bond donors (Lipinski definition) is 2. The Morgan fingerprint density at radius 2 is 1.86 bits per heavy atom. The monoisotopic (exact) mass is 305 g/mol. The van der Waals surface area contributed by atoms with E-state index in [9.17, 15) is 9.59 Å². The van der Waals surface area contributed by atoms with Gasteiger partial charge in [-0.25, -0.2) is 0 Å². The van der Waals surface area contributed by atoms with E-state index in [1.54, 1.807) is 0 Å². The molecule has 0 aromatic heterocycles. The first-order chi connectivity index (χ1) is 10.7. The lowest BCUT2D eigenvalue weighted by atomic mass is 10.1. The van der Waals surface area contributed by atoms with Crippen molar-refractivity contribution >= 4 is 17.5 Å². The number of nitrogens with two attached hydrogens (primary N) is 1. The Kier molecular flexibility index (Phi) is 6.36. The predicted octanol–water partition coefficient (Wildman–Crippen LogP) is 0.765. The van der Waals surface area contributed by atoms with E-state index in [1.807, 2.05) is 29.2 Å². The van der Waals surface area contributed by atoms with Crippen molar-refractivity contribution in [2.24, 2.45) is 5.73 Å². The van der Waals surface area contributed by atoms with Crippen molar-refractivity contribution in [1.29, 1.82) is 0 Å². The van der Waals surface area contributed by atoms with Crippen LogP contribution in [-0.4, -0.2) is 49.6 Å². The van der Waals surface area contributed by atoms with E-state index in [2.05, 4.69) is 5.32 Å². The number of anilines is 1. The number of hydrogen-bond acceptors (Lipinski definition) is 4. The van der Waals surface area contributed by atoms with Crippen LogP contribution in [0.3, 0.4) is 0 Å². The van der Waals surface area contributed by atoms with Crippen molar-refractivity contribution in [3.05, 3.63) is 29.8 Å². The van der Waals surface area contributed by atoms with Crippen LogP contribution in [0.4, 0.5) is 5.69 Å². The Labute approximate surface area is 130 Å². The average Bonchev–Trinajstić information content (AvgIpc) is 2.55. The molecular formula is C16H23N3O3. The summed E-state index contributed by atoms with van der Waals surface area (Å²) in [7, 11) is 0. The van der Waals surface area contributed by atoms with E-state index in [1.165, 1.54) is 0 Å². The third kappa shape index (κ3) is 5.13. The molecule has 0 radical (unpaired) electrons. The first-order valence-corrected chi connectivity index (χ1v) is 7.63. The molecule has 1 aromatic carbocycles. The third-order valence-corrected chi connectivity index (χ3v) is 3.56. The molecule has 0 aliphatic carbocycles. The number of morpholine rings is 1. The summed E-state index contributed by atoms with van der Waals surface area (Å²) in [5, 5.41) is 2.81. The van der Waals surface area contributed by atoms with Crippen LogP contribution < -0.4 is 11.1 Å². The fourth-order valence-corrected chi connectivity index (χ4v) is 2.29. The number of rotatable bonds is 6. The van der Waals surface area contributed by atoms with Crippen LogP contribution in [0, 0.1) is 0 Å². The third-order valence-electron chi connectivity index (χ3n) is 3.56. The van der Waals surface area contributed by atoms with Crippen LogP contribution in [0.5, 0.6) is 0 Å². The highest BCUT2D eigenvalue weighted by Crippen LogP contribution is 2.12. The lowest BCUT2D eigenvalue weighted by Gasteiger charge is -2.26. The second-order valence-corrected chi connectivity index (χ2v) is 5.31. The molecule has 1 aliphatic heterocycles. The maximum Gasteiger partial charge on any atom is 0.227 e. The summed E-state index contributed by atoms with van der Waals surface area (Å²) in [6.45, 7) is 3.05. The van der Waals surface area contributed by atoms with Crippen molar-refractivity contribution in [2.45, 2.75) is 19.3 Å². The van der Waals surface area contributed by atoms with Crippen molar-refractivity contribution in [3.8, 4) is 0 Å². The topological polar surface area (TPSA) is 84.7 Å². The molecule has 0 unspecified atom stereocenters. The molecule has 1 saturated heterocycles. The molecule has 2 rings (SSSR count). The number of benzene rings is 1. The smallest absolute Gasteiger partial charge is 0.227 e. The van der Waals surface area contributed by atoms with Gasteiger partial charge in [-0.3, -0.25) is 9.59 Å². The number of amides is 2. The predicted molar refractivity (Wildman–Crippen MR) is 84.5 cm³/mol. The van der Waals surface area contributed by atoms with Gasteiger partial charge in [0.15, 0.2) is 0 Å². The minimum absolute atomic E-state index is 0.0393. The summed E-state index contributed by atoms with van der Waals surface area (Å²) in [4.78, 5) is 25.6. The lowest BCUT2D eigenvalue weighted by Crippen LogP contribution is -2.41. The van der Waals surface area contributed by atoms with Gasteiger partial charge in [0, 0.05) is 25.2 Å². The molecule has 3 N–H and O–H groups in total. The number of carbonyl (C=O) groups is 2. The summed E-state index contributed by atoms with van der Waals surface area (Å²) in [5.74, 6) is 0.0747. The zero-order chi connectivity index (χ0) is 15.8. The van der Waals surface area contributed by atoms with Crippen LogP contribution in [0.1, 0.15) is 18.4 Å². The molecule has 1 heterocycles. The van der Waals surface area contributed by atoms with Crippen molar-refractivity contribution in [1.82, 2.24) is 4.90 Å². The maximum atomic E-state index is 12.1. The van der Waals surface area contributed by atoms with E-state index >= 15 is 0 Å². The van der Waals surface area contributed by atoms with Crippen LogP contribution >= 0.6 is 0 Å². The highest BCUT2D eigenvalue weighted by Gasteiger charge is 2.16. The average molecular weight is 305 g/mol. The quantitative estimate of drug-likeness (QED) is 0.813. The second-order valence-electron chi connectivity index (χ2n) is 5.31. The molecule has 0 spiro atoms. The van der Waals surface area contributed by atoms with E-state index in [0.29, 0.717) is 52.1 Å². The second kappa shape index (κ2) is 8.51. The molecule has 0 atom stereocenters. The van der Waals surface area contributed by atoms with Crippen molar-refractivity contribution in [2.75, 3.05) is 38.2 Å². The Morgan fingerprint density at radius 1 is 1.18 bits per heavy atom. The number of ether oxygens (including phenoxy) is 1. The summed E-state index contributed by atoms with van der Waals surface area (Å²) in [5.41, 5.74) is 7.06. The van der Waals surface area contributed by atoms with Gasteiger partial charge in [-0.05, 0) is 30.7 Å². The fraction of sp³-hybridized carbons (Fsp3) is 0.500. The van der Waals surface area contributed by atoms with Gasteiger partial charge in [0.1, 0.15) is 0 Å². The van der Waals surface area contributed by atoms with E-state index in [4.69, 9.17) is 10.5 Å². The van der Waals surface area contributed by atoms with Crippen molar-refractivity contribution in [3.63, 3.8) is 0 Å². The van der Waals surface area contributed by atoms with Gasteiger partial charge in [0.2, 0.25) is 11.8 Å². The summed E-state index contributed by atoms with van der Waals surface area (Å²) in [6.07, 6.45) is 1.48. The van der Waals surface area contributed by atoms with Crippen LogP contribution in [-0.2, 0) is 20.7 Å². The normalized spacial score (nSPS) is 14.7. The molecular weight excluding hydrogens is 282 g/mol. The number of nitrogens with zero attached hydrogens (tertiary/aromatic N) is 1. The molecule has 22 heavy (non-hydrogen) atoms. The minimum Gasteiger partial charge on any atom is -0.378 e. The van der Waals surface area contributed by atoms with E-state index in [0.717, 1.165) is 11.3 Å². The molecule has 120 valence electrons. The van der Waals surface area contributed by atoms with Crippen LogP contribution in [0.25, 0.3) is 0 Å². The number of carbonyl (C=O) groups excluding carboxylic acids is 2. The Bertz CT molecular complexity index is 496. The maximum absolute atomic E-state index is 12.1. The van der Waals surface area contributed by atoms with Crippen LogP contribution in [0.15, 0.2) is 24.3 Å². The molecule has 0 saturated carbocycles. The SMILES string of the molecule is NCCCC(=O)Nc1ccc(CC(=O)N2CCOCC2)cc1. The van der Waals surface area contributed by atoms with Gasteiger partial charge < -0.3 is 20.7 Å². The highest BCUT2D eigenvalue weighted by atomic mass is 16.5. The number of nitrogens with one attached hydrogen (secondary N) is 1. The molecule has 1 fully saturated rings. The summed E-state index contributed by atoms with van der Waals surface area (Å²) in [6, 6.07) is 7.39. The Balaban J connectivity index is 1.83. The largest absolute Gasteiger partial charge is 0.378 e. The Morgan fingerprint density at radius 3 is 2.50 bits per heavy atom. The van der Waals surface area contributed by atoms with E-state index < -0.39 is 0 Å². The summed E-state index contributed by atoms with van der Waals surface area (Å²) < 4.78 is 5.24.